The fourth-order valence-electron chi connectivity index (χ4n) is 2.71. The van der Waals surface area contributed by atoms with Crippen LogP contribution in [0.2, 0.25) is 0 Å². The van der Waals surface area contributed by atoms with Gasteiger partial charge in [-0.2, -0.15) is 0 Å². The van der Waals surface area contributed by atoms with Crippen LogP contribution in [0.15, 0.2) is 42.5 Å². The van der Waals surface area contributed by atoms with E-state index in [1.54, 1.807) is 30.3 Å². The second kappa shape index (κ2) is 7.21. The van der Waals surface area contributed by atoms with Crippen molar-refractivity contribution in [2.24, 2.45) is 0 Å². The third-order valence-corrected chi connectivity index (χ3v) is 5.02. The first kappa shape index (κ1) is 18.0. The first-order valence-electron chi connectivity index (χ1n) is 8.06. The number of carbonyl (C=O) groups excluding carboxylic acids is 3. The number of hydrogen-bond donors (Lipinski definition) is 2. The molecular formula is C19H18N2O4S. The first-order valence-corrected chi connectivity index (χ1v) is 8.94. The van der Waals surface area contributed by atoms with Gasteiger partial charge in [0.05, 0.1) is 11.4 Å². The van der Waals surface area contributed by atoms with E-state index in [2.05, 4.69) is 5.32 Å². The lowest BCUT2D eigenvalue weighted by Gasteiger charge is -2.14. The number of anilines is 2. The molecule has 6 nitrogen and oxygen atoms in total. The Hall–Kier alpha value is -2.80. The number of aromatic hydroxyl groups is 1. The molecule has 1 unspecified atom stereocenters. The zero-order valence-corrected chi connectivity index (χ0v) is 15.2. The molecule has 3 amide bonds. The van der Waals surface area contributed by atoms with Crippen molar-refractivity contribution in [3.8, 4) is 5.75 Å². The third kappa shape index (κ3) is 3.72. The van der Waals surface area contributed by atoms with Gasteiger partial charge in [0.2, 0.25) is 11.8 Å². The highest BCUT2D eigenvalue weighted by Crippen LogP contribution is 2.34. The Morgan fingerprint density at radius 3 is 2.62 bits per heavy atom. The molecule has 1 heterocycles. The van der Waals surface area contributed by atoms with Crippen molar-refractivity contribution in [3.05, 3.63) is 53.6 Å². The molecule has 1 atom stereocenters. The molecule has 0 radical (unpaired) electrons. The Morgan fingerprint density at radius 1 is 1.15 bits per heavy atom. The van der Waals surface area contributed by atoms with E-state index in [0.717, 1.165) is 27.8 Å². The number of nitrogens with zero attached hydrogens (tertiary/aromatic N) is 1. The monoisotopic (exact) mass is 370 g/mol. The van der Waals surface area contributed by atoms with Gasteiger partial charge < -0.3 is 10.4 Å². The normalized spacial score (nSPS) is 16.8. The van der Waals surface area contributed by atoms with Gasteiger partial charge in [0, 0.05) is 6.42 Å². The molecule has 2 N–H and O–H groups in total. The minimum Gasteiger partial charge on any atom is -0.506 e. The summed E-state index contributed by atoms with van der Waals surface area (Å²) in [5.41, 5.74) is 2.61. The molecule has 26 heavy (non-hydrogen) atoms. The lowest BCUT2D eigenvalue weighted by atomic mass is 10.2. The molecule has 0 aromatic heterocycles. The summed E-state index contributed by atoms with van der Waals surface area (Å²) in [5.74, 6) is -0.892. The molecule has 0 aliphatic carbocycles. The van der Waals surface area contributed by atoms with Crippen molar-refractivity contribution in [2.45, 2.75) is 25.5 Å². The number of hydrogen-bond acceptors (Lipinski definition) is 5. The molecule has 0 bridgehead atoms. The number of rotatable bonds is 4. The van der Waals surface area contributed by atoms with E-state index >= 15 is 0 Å². The molecule has 2 aromatic carbocycles. The van der Waals surface area contributed by atoms with E-state index in [0.29, 0.717) is 5.69 Å². The number of thioether (sulfide) groups is 1. The summed E-state index contributed by atoms with van der Waals surface area (Å²) in [5, 5.41) is 11.2. The van der Waals surface area contributed by atoms with E-state index in [4.69, 9.17) is 0 Å². The highest BCUT2D eigenvalue weighted by molar-refractivity contribution is 8.15. The molecule has 3 rings (SSSR count). The second-order valence-electron chi connectivity index (χ2n) is 6.16. The molecular weight excluding hydrogens is 352 g/mol. The number of nitrogens with one attached hydrogen (secondary N) is 1. The van der Waals surface area contributed by atoms with Gasteiger partial charge in [0.1, 0.15) is 11.0 Å². The van der Waals surface area contributed by atoms with Gasteiger partial charge in [-0.05, 0) is 61.0 Å². The molecule has 0 spiro atoms. The fraction of sp³-hybridized carbons (Fsp3) is 0.211. The minimum atomic E-state index is -0.782. The van der Waals surface area contributed by atoms with E-state index in [-0.39, 0.29) is 17.9 Å². The highest BCUT2D eigenvalue weighted by atomic mass is 32.2. The molecule has 1 saturated heterocycles. The Kier molecular flexibility index (Phi) is 4.99. The number of phenolic OH excluding ortho intramolecular Hbond substituents is 1. The van der Waals surface area contributed by atoms with Crippen LogP contribution in [0, 0.1) is 13.8 Å². The van der Waals surface area contributed by atoms with Gasteiger partial charge in [-0.3, -0.25) is 14.4 Å². The average Bonchev–Trinajstić information content (AvgIpc) is 2.84. The van der Waals surface area contributed by atoms with Gasteiger partial charge in [-0.15, -0.1) is 0 Å². The van der Waals surface area contributed by atoms with E-state index in [1.165, 1.54) is 6.07 Å². The number of benzene rings is 2. The molecule has 1 fully saturated rings. The maximum absolute atomic E-state index is 12.6. The lowest BCUT2D eigenvalue weighted by molar-refractivity contribution is -0.121. The smallest absolute Gasteiger partial charge is 0.293 e. The van der Waals surface area contributed by atoms with Crippen molar-refractivity contribution < 1.29 is 19.5 Å². The molecule has 0 saturated carbocycles. The van der Waals surface area contributed by atoms with Crippen LogP contribution in [0.1, 0.15) is 17.5 Å². The summed E-state index contributed by atoms with van der Waals surface area (Å²) >= 11 is 0.843. The SMILES string of the molecule is Cc1cccc(N2C(=O)SC(CC(=O)Nc3cc(C)ccc3O)C2=O)c1. The summed E-state index contributed by atoms with van der Waals surface area (Å²) in [4.78, 5) is 38.2. The van der Waals surface area contributed by atoms with Gasteiger partial charge in [-0.1, -0.05) is 18.2 Å². The van der Waals surface area contributed by atoms with Crippen LogP contribution in [-0.4, -0.2) is 27.4 Å². The van der Waals surface area contributed by atoms with Crippen LogP contribution in [-0.2, 0) is 9.59 Å². The van der Waals surface area contributed by atoms with Crippen molar-refractivity contribution >= 4 is 40.2 Å². The largest absolute Gasteiger partial charge is 0.506 e. The molecule has 2 aromatic rings. The summed E-state index contributed by atoms with van der Waals surface area (Å²) in [6.07, 6.45) is -0.148. The molecule has 134 valence electrons. The first-order chi connectivity index (χ1) is 12.3. The predicted molar refractivity (Wildman–Crippen MR) is 102 cm³/mol. The Labute approximate surface area is 155 Å². The maximum Gasteiger partial charge on any atom is 0.293 e. The van der Waals surface area contributed by atoms with E-state index in [1.807, 2.05) is 19.9 Å². The van der Waals surface area contributed by atoms with Crippen LogP contribution in [0.3, 0.4) is 0 Å². The van der Waals surface area contributed by atoms with Crippen LogP contribution in [0.25, 0.3) is 0 Å². The van der Waals surface area contributed by atoms with Crippen molar-refractivity contribution in [1.29, 1.82) is 0 Å². The average molecular weight is 370 g/mol. The van der Waals surface area contributed by atoms with Gasteiger partial charge in [0.25, 0.3) is 5.24 Å². The number of carbonyl (C=O) groups is 3. The summed E-state index contributed by atoms with van der Waals surface area (Å²) in [7, 11) is 0. The van der Waals surface area contributed by atoms with E-state index in [9.17, 15) is 19.5 Å². The second-order valence-corrected chi connectivity index (χ2v) is 7.31. The van der Waals surface area contributed by atoms with E-state index < -0.39 is 22.3 Å². The summed E-state index contributed by atoms with van der Waals surface area (Å²) in [6, 6.07) is 11.9. The zero-order valence-electron chi connectivity index (χ0n) is 14.4. The van der Waals surface area contributed by atoms with Crippen LogP contribution >= 0.6 is 11.8 Å². The van der Waals surface area contributed by atoms with Crippen LogP contribution in [0.5, 0.6) is 5.75 Å². The van der Waals surface area contributed by atoms with Gasteiger partial charge in [-0.25, -0.2) is 4.90 Å². The van der Waals surface area contributed by atoms with Crippen molar-refractivity contribution in [1.82, 2.24) is 0 Å². The van der Waals surface area contributed by atoms with Crippen LogP contribution in [0.4, 0.5) is 16.2 Å². The zero-order chi connectivity index (χ0) is 18.8. The Balaban J connectivity index is 1.71. The maximum atomic E-state index is 12.6. The van der Waals surface area contributed by atoms with Gasteiger partial charge >= 0.3 is 0 Å². The summed E-state index contributed by atoms with van der Waals surface area (Å²) < 4.78 is 0. The fourth-order valence-corrected chi connectivity index (χ4v) is 3.69. The highest BCUT2D eigenvalue weighted by Gasteiger charge is 2.41. The Bertz CT molecular complexity index is 897. The number of amides is 3. The van der Waals surface area contributed by atoms with Crippen molar-refractivity contribution in [2.75, 3.05) is 10.2 Å². The molecule has 1 aliphatic heterocycles. The number of aryl methyl sites for hydroxylation is 2. The van der Waals surface area contributed by atoms with Gasteiger partial charge in [0.15, 0.2) is 0 Å². The molecule has 1 aliphatic rings. The third-order valence-electron chi connectivity index (χ3n) is 3.98. The summed E-state index contributed by atoms with van der Waals surface area (Å²) in [6.45, 7) is 3.71. The number of imide groups is 1. The lowest BCUT2D eigenvalue weighted by Crippen LogP contribution is -2.33. The van der Waals surface area contributed by atoms with Crippen molar-refractivity contribution in [3.63, 3.8) is 0 Å². The quantitative estimate of drug-likeness (QED) is 0.803. The number of phenols is 1. The minimum absolute atomic E-state index is 0.0492. The van der Waals surface area contributed by atoms with Crippen LogP contribution < -0.4 is 10.2 Å². The topological polar surface area (TPSA) is 86.7 Å². The molecule has 7 heteroatoms. The standard InChI is InChI=1S/C19H18N2O4S/c1-11-4-3-5-13(8-11)21-18(24)16(26-19(21)25)10-17(23)20-14-9-12(2)6-7-15(14)22/h3-9,16,22H,10H2,1-2H3,(H,20,23). The predicted octanol–water partition coefficient (Wildman–Crippen LogP) is 3.61. The Morgan fingerprint density at radius 2 is 1.88 bits per heavy atom.